The summed E-state index contributed by atoms with van der Waals surface area (Å²) < 4.78 is 10.5. The first kappa shape index (κ1) is 13.4. The maximum Gasteiger partial charge on any atom is 0.193 e. The molecule has 1 aliphatic heterocycles. The average Bonchev–Trinajstić information content (AvgIpc) is 2.46. The number of hydrogen-bond acceptors (Lipinski definition) is 3. The number of guanidine groups is 1. The van der Waals surface area contributed by atoms with Gasteiger partial charge in [0.15, 0.2) is 5.96 Å². The van der Waals surface area contributed by atoms with Crippen LogP contribution in [0.2, 0.25) is 0 Å². The molecular weight excluding hydrogens is 242 g/mol. The van der Waals surface area contributed by atoms with Gasteiger partial charge in [-0.15, -0.1) is 0 Å². The molecule has 0 atom stereocenters. The number of aliphatic imine (C=N–C) groups is 1. The normalized spacial score (nSPS) is 15.8. The van der Waals surface area contributed by atoms with Crippen LogP contribution in [-0.4, -0.2) is 32.8 Å². The molecule has 1 heterocycles. The maximum absolute atomic E-state index is 5.84. The number of nitrogens with two attached hydrogens (primary N) is 1. The summed E-state index contributed by atoms with van der Waals surface area (Å²) >= 11 is 0. The third-order valence-corrected chi connectivity index (χ3v) is 2.78. The summed E-state index contributed by atoms with van der Waals surface area (Å²) in [5, 5.41) is 3.04. The van der Waals surface area contributed by atoms with Crippen LogP contribution in [0.15, 0.2) is 40.9 Å². The Morgan fingerprint density at radius 2 is 2.42 bits per heavy atom. The predicted molar refractivity (Wildman–Crippen MR) is 76.6 cm³/mol. The molecule has 19 heavy (non-hydrogen) atoms. The van der Waals surface area contributed by atoms with E-state index in [0.717, 1.165) is 24.5 Å². The van der Waals surface area contributed by atoms with Crippen LogP contribution < -0.4 is 15.8 Å². The lowest BCUT2D eigenvalue weighted by molar-refractivity contribution is 0.150. The monoisotopic (exact) mass is 261 g/mol. The van der Waals surface area contributed by atoms with Crippen LogP contribution in [0, 0.1) is 0 Å². The minimum Gasteiger partial charge on any atom is -0.497 e. The Kier molecular flexibility index (Phi) is 4.80. The molecule has 0 unspecified atom stereocenters. The zero-order valence-corrected chi connectivity index (χ0v) is 11.1. The minimum atomic E-state index is 0.389. The second-order valence-corrected chi connectivity index (χ2v) is 4.26. The van der Waals surface area contributed by atoms with Crippen LogP contribution in [0.25, 0.3) is 0 Å². The molecular formula is C14H19N3O2. The first-order valence-electron chi connectivity index (χ1n) is 6.24. The molecule has 0 aliphatic carbocycles. The van der Waals surface area contributed by atoms with Crippen LogP contribution in [0.3, 0.4) is 0 Å². The highest BCUT2D eigenvalue weighted by atomic mass is 16.5. The second-order valence-electron chi connectivity index (χ2n) is 4.26. The summed E-state index contributed by atoms with van der Waals surface area (Å²) in [6.07, 6.45) is 3.11. The summed E-state index contributed by atoms with van der Waals surface area (Å²) in [5.74, 6) is 1.17. The Balaban J connectivity index is 1.92. The van der Waals surface area contributed by atoms with Gasteiger partial charge in [-0.25, -0.2) is 4.99 Å². The van der Waals surface area contributed by atoms with E-state index in [1.807, 2.05) is 24.3 Å². The SMILES string of the molecule is COc1cccc(NC(N)=NCC2=CCCOC2)c1. The third kappa shape index (κ3) is 4.30. The average molecular weight is 261 g/mol. The van der Waals surface area contributed by atoms with Crippen molar-refractivity contribution in [1.82, 2.24) is 0 Å². The van der Waals surface area contributed by atoms with Crippen LogP contribution >= 0.6 is 0 Å². The number of rotatable bonds is 4. The van der Waals surface area contributed by atoms with Gasteiger partial charge in [0.2, 0.25) is 0 Å². The lowest BCUT2D eigenvalue weighted by Gasteiger charge is -2.12. The van der Waals surface area contributed by atoms with Gasteiger partial charge in [0.05, 0.1) is 26.9 Å². The molecule has 0 bridgehead atoms. The summed E-state index contributed by atoms with van der Waals surface area (Å²) in [6.45, 7) is 2.02. The van der Waals surface area contributed by atoms with Crippen LogP contribution in [0.1, 0.15) is 6.42 Å². The Hall–Kier alpha value is -2.01. The number of ether oxygens (including phenoxy) is 2. The summed E-state index contributed by atoms with van der Waals surface area (Å²) in [7, 11) is 1.63. The number of nitrogens with one attached hydrogen (secondary N) is 1. The maximum atomic E-state index is 5.84. The topological polar surface area (TPSA) is 68.9 Å². The summed E-state index contributed by atoms with van der Waals surface area (Å²) in [4.78, 5) is 4.29. The van der Waals surface area contributed by atoms with Crippen molar-refractivity contribution in [3.05, 3.63) is 35.9 Å². The van der Waals surface area contributed by atoms with E-state index in [1.54, 1.807) is 7.11 Å². The van der Waals surface area contributed by atoms with Gasteiger partial charge in [-0.1, -0.05) is 12.1 Å². The number of anilines is 1. The van der Waals surface area contributed by atoms with Gasteiger partial charge in [-0.2, -0.15) is 0 Å². The highest BCUT2D eigenvalue weighted by molar-refractivity contribution is 5.92. The largest absolute Gasteiger partial charge is 0.497 e. The molecule has 0 radical (unpaired) electrons. The quantitative estimate of drug-likeness (QED) is 0.492. The number of methoxy groups -OCH3 is 1. The predicted octanol–water partition coefficient (Wildman–Crippen LogP) is 1.77. The number of hydrogen-bond donors (Lipinski definition) is 2. The van der Waals surface area contributed by atoms with Crippen LogP contribution in [0.4, 0.5) is 5.69 Å². The number of nitrogens with zero attached hydrogens (tertiary/aromatic N) is 1. The van der Waals surface area contributed by atoms with Gasteiger partial charge >= 0.3 is 0 Å². The molecule has 1 aliphatic rings. The van der Waals surface area contributed by atoms with Crippen molar-refractivity contribution in [3.8, 4) is 5.75 Å². The molecule has 0 saturated carbocycles. The van der Waals surface area contributed by atoms with E-state index in [-0.39, 0.29) is 0 Å². The zero-order valence-electron chi connectivity index (χ0n) is 11.1. The van der Waals surface area contributed by atoms with E-state index < -0.39 is 0 Å². The van der Waals surface area contributed by atoms with E-state index in [4.69, 9.17) is 15.2 Å². The summed E-state index contributed by atoms with van der Waals surface area (Å²) in [6, 6.07) is 7.55. The van der Waals surface area contributed by atoms with Gasteiger partial charge in [0.1, 0.15) is 5.75 Å². The fraction of sp³-hybridized carbons (Fsp3) is 0.357. The van der Waals surface area contributed by atoms with E-state index in [9.17, 15) is 0 Å². The van der Waals surface area contributed by atoms with Gasteiger partial charge in [-0.3, -0.25) is 0 Å². The van der Waals surface area contributed by atoms with Gasteiger partial charge < -0.3 is 20.5 Å². The smallest absolute Gasteiger partial charge is 0.193 e. The second kappa shape index (κ2) is 6.80. The molecule has 0 amide bonds. The van der Waals surface area contributed by atoms with E-state index >= 15 is 0 Å². The van der Waals surface area contributed by atoms with E-state index in [0.29, 0.717) is 19.1 Å². The highest BCUT2D eigenvalue weighted by Gasteiger charge is 2.03. The van der Waals surface area contributed by atoms with Crippen LogP contribution in [0.5, 0.6) is 5.75 Å². The van der Waals surface area contributed by atoms with Crippen molar-refractivity contribution in [3.63, 3.8) is 0 Å². The molecule has 1 aromatic rings. The fourth-order valence-corrected chi connectivity index (χ4v) is 1.79. The summed E-state index contributed by atoms with van der Waals surface area (Å²) in [5.41, 5.74) is 7.87. The zero-order chi connectivity index (χ0) is 13.5. The van der Waals surface area contributed by atoms with Crippen molar-refractivity contribution in [1.29, 1.82) is 0 Å². The lowest BCUT2D eigenvalue weighted by atomic mass is 10.2. The standard InChI is InChI=1S/C14H19N3O2/c1-18-13-6-2-5-12(8-13)17-14(15)16-9-11-4-3-7-19-10-11/h2,4-6,8H,3,7,9-10H2,1H3,(H3,15,16,17). The Morgan fingerprint density at radius 3 is 3.16 bits per heavy atom. The van der Waals surface area contributed by atoms with Gasteiger partial charge in [0, 0.05) is 11.8 Å². The van der Waals surface area contributed by atoms with Crippen molar-refractivity contribution in [2.45, 2.75) is 6.42 Å². The van der Waals surface area contributed by atoms with Crippen LogP contribution in [-0.2, 0) is 4.74 Å². The molecule has 0 spiro atoms. The van der Waals surface area contributed by atoms with Crippen molar-refractivity contribution in [2.75, 3.05) is 32.2 Å². The Labute approximate surface area is 113 Å². The molecule has 0 saturated heterocycles. The molecule has 2 rings (SSSR count). The van der Waals surface area contributed by atoms with E-state index in [1.165, 1.54) is 5.57 Å². The fourth-order valence-electron chi connectivity index (χ4n) is 1.79. The first-order valence-corrected chi connectivity index (χ1v) is 6.24. The first-order chi connectivity index (χ1) is 9.28. The molecule has 0 aromatic heterocycles. The molecule has 1 aromatic carbocycles. The Morgan fingerprint density at radius 1 is 1.53 bits per heavy atom. The molecule has 0 fully saturated rings. The third-order valence-electron chi connectivity index (χ3n) is 2.78. The molecule has 5 nitrogen and oxygen atoms in total. The number of benzene rings is 1. The van der Waals surface area contributed by atoms with Crippen molar-refractivity contribution < 1.29 is 9.47 Å². The van der Waals surface area contributed by atoms with E-state index in [2.05, 4.69) is 16.4 Å². The minimum absolute atomic E-state index is 0.389. The lowest BCUT2D eigenvalue weighted by Crippen LogP contribution is -2.23. The van der Waals surface area contributed by atoms with Gasteiger partial charge in [-0.05, 0) is 24.1 Å². The molecule has 5 heteroatoms. The van der Waals surface area contributed by atoms with Crippen molar-refractivity contribution >= 4 is 11.6 Å². The highest BCUT2D eigenvalue weighted by Crippen LogP contribution is 2.16. The molecule has 102 valence electrons. The van der Waals surface area contributed by atoms with Gasteiger partial charge in [0.25, 0.3) is 0 Å². The van der Waals surface area contributed by atoms with Crippen molar-refractivity contribution in [2.24, 2.45) is 10.7 Å². The molecule has 3 N–H and O–H groups in total. The Bertz CT molecular complexity index is 483.